The van der Waals surface area contributed by atoms with Gasteiger partial charge in [0.05, 0.1) is 12.8 Å². The first kappa shape index (κ1) is 21.9. The maximum atomic E-state index is 13.7. The van der Waals surface area contributed by atoms with Crippen LogP contribution in [0, 0.1) is 11.6 Å². The highest BCUT2D eigenvalue weighted by Crippen LogP contribution is 2.22. The van der Waals surface area contributed by atoms with Crippen LogP contribution < -0.4 is 0 Å². The molecule has 0 N–H and O–H groups in total. The van der Waals surface area contributed by atoms with E-state index in [1.807, 2.05) is 13.8 Å². The number of esters is 1. The normalized spacial score (nSPS) is 10.4. The molecule has 0 fully saturated rings. The third-order valence-electron chi connectivity index (χ3n) is 2.28. The Morgan fingerprint density at radius 1 is 1.27 bits per heavy atom. The van der Waals surface area contributed by atoms with Crippen LogP contribution in [0.5, 0.6) is 0 Å². The molecule has 0 unspecified atom stereocenters. The molecular formula is C16H22F2N2O2. The molecule has 0 aliphatic heterocycles. The Balaban J connectivity index is 0. The van der Waals surface area contributed by atoms with Crippen molar-refractivity contribution in [2.24, 2.45) is 9.98 Å². The Labute approximate surface area is 130 Å². The van der Waals surface area contributed by atoms with Crippen molar-refractivity contribution >= 4 is 24.7 Å². The van der Waals surface area contributed by atoms with Gasteiger partial charge >= 0.3 is 5.97 Å². The molecule has 4 nitrogen and oxygen atoms in total. The molecule has 1 aromatic rings. The summed E-state index contributed by atoms with van der Waals surface area (Å²) >= 11 is 0. The molecule has 0 radical (unpaired) electrons. The first-order chi connectivity index (χ1) is 10.0. The summed E-state index contributed by atoms with van der Waals surface area (Å²) in [6.45, 7) is 8.86. The highest BCUT2D eigenvalue weighted by Gasteiger charge is 2.19. The minimum absolute atomic E-state index is 0. The molecule has 0 saturated carbocycles. The van der Waals surface area contributed by atoms with E-state index in [1.54, 1.807) is 13.0 Å². The molecule has 0 amide bonds. The Hall–Kier alpha value is -2.37. The Morgan fingerprint density at radius 3 is 2.14 bits per heavy atom. The number of halogens is 2. The van der Waals surface area contributed by atoms with Gasteiger partial charge in [-0.2, -0.15) is 0 Å². The van der Waals surface area contributed by atoms with E-state index >= 15 is 0 Å². The van der Waals surface area contributed by atoms with Crippen LogP contribution in [0.2, 0.25) is 0 Å². The summed E-state index contributed by atoms with van der Waals surface area (Å²) < 4.78 is 31.7. The average molecular weight is 312 g/mol. The Bertz CT molecular complexity index is 544. The first-order valence-electron chi connectivity index (χ1n) is 6.27. The van der Waals surface area contributed by atoms with E-state index in [0.29, 0.717) is 5.70 Å². The van der Waals surface area contributed by atoms with Crippen LogP contribution in [0.1, 0.15) is 44.1 Å². The second-order valence-corrected chi connectivity index (χ2v) is 3.41. The predicted octanol–water partition coefficient (Wildman–Crippen LogP) is 4.50. The largest absolute Gasteiger partial charge is 0.465 e. The number of hydrogen-bond acceptors (Lipinski definition) is 3. The van der Waals surface area contributed by atoms with Crippen LogP contribution in [0.4, 0.5) is 8.78 Å². The van der Waals surface area contributed by atoms with Crippen molar-refractivity contribution in [1.82, 2.24) is 0 Å². The topological polar surface area (TPSA) is 51.0 Å². The van der Waals surface area contributed by atoms with Gasteiger partial charge in [0.15, 0.2) is 0 Å². The molecule has 0 aliphatic rings. The number of allylic oxidation sites excluding steroid dienone is 1. The molecule has 0 aliphatic carbocycles. The monoisotopic (exact) mass is 312 g/mol. The lowest BCUT2D eigenvalue weighted by Gasteiger charge is -2.06. The molecule has 1 aromatic carbocycles. The van der Waals surface area contributed by atoms with Gasteiger partial charge in [0, 0.05) is 5.56 Å². The maximum Gasteiger partial charge on any atom is 0.343 e. The van der Waals surface area contributed by atoms with E-state index in [1.165, 1.54) is 0 Å². The van der Waals surface area contributed by atoms with Crippen LogP contribution >= 0.6 is 0 Å². The molecule has 0 saturated heterocycles. The molecule has 0 atom stereocenters. The highest BCUT2D eigenvalue weighted by atomic mass is 19.1. The van der Waals surface area contributed by atoms with Gasteiger partial charge < -0.3 is 4.74 Å². The second-order valence-electron chi connectivity index (χ2n) is 3.41. The van der Waals surface area contributed by atoms with Gasteiger partial charge in [-0.15, -0.1) is 0 Å². The summed E-state index contributed by atoms with van der Waals surface area (Å²) in [5.74, 6) is -3.09. The lowest BCUT2D eigenvalue weighted by molar-refractivity contribution is 0.0590. The van der Waals surface area contributed by atoms with E-state index in [-0.39, 0.29) is 13.0 Å². The molecule has 22 heavy (non-hydrogen) atoms. The van der Waals surface area contributed by atoms with E-state index in [0.717, 1.165) is 25.6 Å². The lowest BCUT2D eigenvalue weighted by Crippen LogP contribution is -2.08. The van der Waals surface area contributed by atoms with Gasteiger partial charge in [0.2, 0.25) is 0 Å². The number of hydrogen-bond donors (Lipinski definition) is 0. The fraction of sp³-hybridized carbons (Fsp3) is 0.312. The molecular weight excluding hydrogens is 290 g/mol. The van der Waals surface area contributed by atoms with Crippen LogP contribution in [-0.2, 0) is 4.74 Å². The summed E-state index contributed by atoms with van der Waals surface area (Å²) in [5.41, 5.74) is -0.237. The predicted molar refractivity (Wildman–Crippen MR) is 87.5 cm³/mol. The van der Waals surface area contributed by atoms with Crippen LogP contribution in [-0.4, -0.2) is 26.1 Å². The van der Waals surface area contributed by atoms with Crippen molar-refractivity contribution in [3.8, 4) is 0 Å². The van der Waals surface area contributed by atoms with E-state index < -0.39 is 23.2 Å². The number of nitrogens with zero attached hydrogens (tertiary/aromatic N) is 2. The molecule has 0 heterocycles. The molecule has 1 rings (SSSR count). The third-order valence-corrected chi connectivity index (χ3v) is 2.28. The van der Waals surface area contributed by atoms with Gasteiger partial charge in [-0.1, -0.05) is 27.4 Å². The molecule has 0 bridgehead atoms. The van der Waals surface area contributed by atoms with Gasteiger partial charge in [-0.05, 0) is 25.8 Å². The zero-order chi connectivity index (χ0) is 16.4. The summed E-state index contributed by atoms with van der Waals surface area (Å²) in [4.78, 5) is 18.5. The average Bonchev–Trinajstić information content (AvgIpc) is 2.49. The lowest BCUT2D eigenvalue weighted by atomic mass is 10.1. The Kier molecular flexibility index (Phi) is 11.3. The SMILES string of the molecule is C.C=NC=N/C(=C\C)c1cc(F)c(C(=O)OC)c(F)c1.CC. The highest BCUT2D eigenvalue weighted by molar-refractivity contribution is 5.90. The number of rotatable bonds is 4. The van der Waals surface area contributed by atoms with Gasteiger partial charge in [0.25, 0.3) is 0 Å². The fourth-order valence-corrected chi connectivity index (χ4v) is 1.44. The summed E-state index contributed by atoms with van der Waals surface area (Å²) in [6, 6.07) is 2.01. The zero-order valence-electron chi connectivity index (χ0n) is 12.5. The van der Waals surface area contributed by atoms with Crippen molar-refractivity contribution in [1.29, 1.82) is 0 Å². The van der Waals surface area contributed by atoms with E-state index in [9.17, 15) is 13.6 Å². The quantitative estimate of drug-likeness (QED) is 0.467. The maximum absolute atomic E-state index is 13.7. The van der Waals surface area contributed by atoms with Crippen LogP contribution in [0.3, 0.4) is 0 Å². The van der Waals surface area contributed by atoms with Crippen molar-refractivity contribution in [2.75, 3.05) is 7.11 Å². The van der Waals surface area contributed by atoms with Crippen molar-refractivity contribution < 1.29 is 18.3 Å². The minimum atomic E-state index is -1.07. The summed E-state index contributed by atoms with van der Waals surface area (Å²) in [5, 5.41) is 0. The van der Waals surface area contributed by atoms with Crippen molar-refractivity contribution in [2.45, 2.75) is 28.2 Å². The van der Waals surface area contributed by atoms with Crippen LogP contribution in [0.25, 0.3) is 5.70 Å². The number of carbonyl (C=O) groups excluding carboxylic acids is 1. The van der Waals surface area contributed by atoms with Crippen molar-refractivity contribution in [3.63, 3.8) is 0 Å². The molecule has 0 spiro atoms. The Morgan fingerprint density at radius 2 is 1.77 bits per heavy atom. The zero-order valence-corrected chi connectivity index (χ0v) is 12.5. The first-order valence-corrected chi connectivity index (χ1v) is 6.27. The second kappa shape index (κ2) is 11.3. The van der Waals surface area contributed by atoms with Crippen LogP contribution in [0.15, 0.2) is 28.2 Å². The molecule has 0 aromatic heterocycles. The number of carbonyl (C=O) groups is 1. The molecule has 6 heteroatoms. The summed E-state index contributed by atoms with van der Waals surface area (Å²) in [7, 11) is 1.05. The third kappa shape index (κ3) is 5.55. The van der Waals surface area contributed by atoms with Crippen molar-refractivity contribution in [3.05, 3.63) is 41.0 Å². The van der Waals surface area contributed by atoms with Gasteiger partial charge in [-0.25, -0.2) is 18.6 Å². The van der Waals surface area contributed by atoms with E-state index in [4.69, 9.17) is 0 Å². The fourth-order valence-electron chi connectivity index (χ4n) is 1.44. The molecule has 122 valence electrons. The number of aliphatic imine (C=N–C) groups is 2. The van der Waals surface area contributed by atoms with Gasteiger partial charge in [-0.3, -0.25) is 4.99 Å². The number of ether oxygens (including phenoxy) is 1. The van der Waals surface area contributed by atoms with E-state index in [2.05, 4.69) is 21.4 Å². The number of benzene rings is 1. The number of methoxy groups -OCH3 is 1. The van der Waals surface area contributed by atoms with Gasteiger partial charge in [0.1, 0.15) is 23.5 Å². The smallest absolute Gasteiger partial charge is 0.343 e. The standard InChI is InChI=1S/C13H12F2N2O2.C2H6.CH4/c1-4-11(17-7-16-2)8-5-9(14)12(10(15)6-8)13(18)19-3;1-2;/h4-7H,2H2,1,3H3;1-2H3;1H4/b11-4-,17-7?;;. The summed E-state index contributed by atoms with van der Waals surface area (Å²) in [6.07, 6.45) is 2.70. The minimum Gasteiger partial charge on any atom is -0.465 e.